The number of rotatable bonds is 9. The van der Waals surface area contributed by atoms with E-state index in [1.54, 1.807) is 6.20 Å². The third-order valence-corrected chi connectivity index (χ3v) is 7.68. The van der Waals surface area contributed by atoms with Crippen LogP contribution in [0.4, 0.5) is 0 Å². The van der Waals surface area contributed by atoms with Gasteiger partial charge in [0.05, 0.1) is 19.8 Å². The largest absolute Gasteiger partial charge is 1.00 e. The number of phosphoric ester groups is 1. The van der Waals surface area contributed by atoms with Gasteiger partial charge in [0.2, 0.25) is 5.91 Å². The van der Waals surface area contributed by atoms with Crippen molar-refractivity contribution in [2.75, 3.05) is 6.61 Å². The molecule has 0 radical (unpaired) electrons. The molecule has 2 aromatic carbocycles. The summed E-state index contributed by atoms with van der Waals surface area (Å²) in [7, 11) is -5.02. The molecule has 0 aliphatic heterocycles. The van der Waals surface area contributed by atoms with Crippen LogP contribution in [-0.2, 0) is 25.7 Å². The molecule has 2 heterocycles. The van der Waals surface area contributed by atoms with Crippen molar-refractivity contribution >= 4 is 24.6 Å². The number of carbonyl (C=O) groups is 1. The van der Waals surface area contributed by atoms with Crippen molar-refractivity contribution in [1.29, 1.82) is 0 Å². The smallest absolute Gasteiger partial charge is 0.790 e. The molecule has 194 valence electrons. The van der Waals surface area contributed by atoms with Crippen LogP contribution in [0.3, 0.4) is 0 Å². The van der Waals surface area contributed by atoms with E-state index in [0.29, 0.717) is 5.76 Å². The molecule has 0 spiro atoms. The van der Waals surface area contributed by atoms with Crippen LogP contribution in [-0.4, -0.2) is 17.5 Å². The normalized spacial score (nSPS) is 14.8. The maximum atomic E-state index is 13.8. The van der Waals surface area contributed by atoms with Gasteiger partial charge in [-0.2, -0.15) is 0 Å². The van der Waals surface area contributed by atoms with Crippen LogP contribution in [0.5, 0.6) is 0 Å². The Morgan fingerprint density at radius 1 is 1.10 bits per heavy atom. The Morgan fingerprint density at radius 2 is 1.85 bits per heavy atom. The van der Waals surface area contributed by atoms with Crippen molar-refractivity contribution in [3.05, 3.63) is 94.1 Å². The Balaban J connectivity index is 0.00000210. The van der Waals surface area contributed by atoms with E-state index in [2.05, 4.69) is 20.9 Å². The zero-order chi connectivity index (χ0) is 26.4. The molecule has 2 N–H and O–H groups in total. The number of phosphoric acid groups is 1. The van der Waals surface area contributed by atoms with E-state index in [-0.39, 0.29) is 78.0 Å². The number of hydrogen-bond acceptors (Lipinski definition) is 6. The zero-order valence-corrected chi connectivity index (χ0v) is 27.9. The number of amides is 1. The molecule has 11 heteroatoms. The first-order chi connectivity index (χ1) is 17.6. The molecular weight excluding hydrogens is 537 g/mol. The number of carbonyl (C=O) groups excluding carboxylic acids is 1. The topological polar surface area (TPSA) is 130 Å². The monoisotopic (exact) mass is 566 g/mol. The van der Waals surface area contributed by atoms with E-state index in [9.17, 15) is 19.1 Å². The second kappa shape index (κ2) is 12.8. The van der Waals surface area contributed by atoms with E-state index >= 15 is 0 Å². The Morgan fingerprint density at radius 3 is 2.46 bits per heavy atom. The van der Waals surface area contributed by atoms with E-state index in [1.807, 2.05) is 63.2 Å². The number of hydrogen-bond donors (Lipinski definition) is 2. The summed E-state index contributed by atoms with van der Waals surface area (Å²) in [4.78, 5) is 38.6. The van der Waals surface area contributed by atoms with Crippen LogP contribution in [0.1, 0.15) is 58.2 Å². The third-order valence-electron chi connectivity index (χ3n) is 7.18. The Bertz CT molecular complexity index is 1520. The van der Waals surface area contributed by atoms with Crippen molar-refractivity contribution < 1.29 is 87.2 Å². The van der Waals surface area contributed by atoms with Crippen molar-refractivity contribution in [3.8, 4) is 0 Å². The minimum Gasteiger partial charge on any atom is -0.790 e. The quantitative estimate of drug-likeness (QED) is 0.179. The average Bonchev–Trinajstić information content (AvgIpc) is 3.39. The van der Waals surface area contributed by atoms with Crippen molar-refractivity contribution in [1.82, 2.24) is 10.3 Å². The summed E-state index contributed by atoms with van der Waals surface area (Å²) in [5.41, 5.74) is 5.13. The first-order valence-electron chi connectivity index (χ1n) is 12.3. The van der Waals surface area contributed by atoms with Gasteiger partial charge in [0.25, 0.3) is 0 Å². The van der Waals surface area contributed by atoms with Crippen molar-refractivity contribution in [2.24, 2.45) is 0 Å². The molecule has 2 aromatic heterocycles. The summed E-state index contributed by atoms with van der Waals surface area (Å²) >= 11 is 0. The summed E-state index contributed by atoms with van der Waals surface area (Å²) in [6.45, 7) is 5.73. The summed E-state index contributed by atoms with van der Waals surface area (Å²) in [5.74, 6) is 1.40. The first kappa shape index (κ1) is 32.4. The zero-order valence-electron chi connectivity index (χ0n) is 23.0. The van der Waals surface area contributed by atoms with Crippen LogP contribution in [0.2, 0.25) is 0 Å². The fourth-order valence-electron chi connectivity index (χ4n) is 5.05. The predicted octanol–water partition coefficient (Wildman–Crippen LogP) is -1.98. The first-order valence-corrected chi connectivity index (χ1v) is 13.7. The molecule has 1 fully saturated rings. The molecule has 1 aliphatic rings. The molecule has 1 aliphatic carbocycles. The van der Waals surface area contributed by atoms with Gasteiger partial charge < -0.3 is 33.6 Å². The number of aromatic amines is 1. The number of benzene rings is 2. The number of nitrogens with one attached hydrogen (secondary N) is 2. The molecule has 0 bridgehead atoms. The summed E-state index contributed by atoms with van der Waals surface area (Å²) in [5, 5.41) is 4.15. The Labute approximate surface area is 272 Å². The van der Waals surface area contributed by atoms with Gasteiger partial charge in [-0.3, -0.25) is 4.79 Å². The van der Waals surface area contributed by atoms with Gasteiger partial charge in [0.1, 0.15) is 17.6 Å². The summed E-state index contributed by atoms with van der Waals surface area (Å²) in [6, 6.07) is 15.4. The molecule has 1 amide bonds. The van der Waals surface area contributed by atoms with Gasteiger partial charge >= 0.3 is 59.1 Å². The maximum absolute atomic E-state index is 13.8. The van der Waals surface area contributed by atoms with E-state index < -0.39 is 19.3 Å². The standard InChI is InChI=1S/C28H31N2O6P.2Na/c1-17-4-7-22(18(2)14-17)26(25-9-5-19(3)36-25)30-27(31)28(11-12-28)21-6-8-24-23(15-21)20(16-29-24)10-13-35-37(32,33)34;;/h4-9,14-16,26,29H,10-13H2,1-3H3,(H,30,31)(H2,32,33,34);;/q;2*+1/p-2. The van der Waals surface area contributed by atoms with Gasteiger partial charge in [-0.15, -0.1) is 0 Å². The number of furan rings is 1. The van der Waals surface area contributed by atoms with Gasteiger partial charge in [-0.25, -0.2) is 0 Å². The number of aryl methyl sites for hydroxylation is 3. The molecule has 39 heavy (non-hydrogen) atoms. The molecule has 8 nitrogen and oxygen atoms in total. The van der Waals surface area contributed by atoms with Crippen LogP contribution in [0.15, 0.2) is 59.1 Å². The van der Waals surface area contributed by atoms with Crippen LogP contribution >= 0.6 is 7.82 Å². The van der Waals surface area contributed by atoms with Gasteiger partial charge in [-0.1, -0.05) is 29.8 Å². The summed E-state index contributed by atoms with van der Waals surface area (Å²) in [6.07, 6.45) is 3.47. The van der Waals surface area contributed by atoms with Crippen molar-refractivity contribution in [3.63, 3.8) is 0 Å². The van der Waals surface area contributed by atoms with Crippen LogP contribution < -0.4 is 74.2 Å². The second-order valence-electron chi connectivity index (χ2n) is 9.90. The van der Waals surface area contributed by atoms with Crippen LogP contribution in [0, 0.1) is 20.8 Å². The van der Waals surface area contributed by atoms with Crippen molar-refractivity contribution in [2.45, 2.75) is 51.5 Å². The molecule has 1 saturated carbocycles. The molecule has 5 rings (SSSR count). The number of fused-ring (bicyclic) bond motifs is 1. The van der Waals surface area contributed by atoms with Gasteiger partial charge in [0, 0.05) is 17.1 Å². The molecule has 0 saturated heterocycles. The SMILES string of the molecule is Cc1ccc(C(NC(=O)C2(c3ccc4[nH]cc(CCOP(=O)([O-])[O-])c4c3)CC2)c2ccc(C)o2)c(C)c1.[Na+].[Na+]. The average molecular weight is 567 g/mol. The van der Waals surface area contributed by atoms with Crippen LogP contribution in [0.25, 0.3) is 10.9 Å². The third kappa shape index (κ3) is 7.19. The maximum Gasteiger partial charge on any atom is 1.00 e. The van der Waals surface area contributed by atoms with Gasteiger partial charge in [0.15, 0.2) is 0 Å². The van der Waals surface area contributed by atoms with E-state index in [4.69, 9.17) is 4.42 Å². The van der Waals surface area contributed by atoms with Gasteiger partial charge in [-0.05, 0) is 86.6 Å². The minimum absolute atomic E-state index is 0. The Hall–Kier alpha value is -1.16. The minimum atomic E-state index is -5.02. The second-order valence-corrected chi connectivity index (χ2v) is 11.1. The molecule has 1 unspecified atom stereocenters. The fraction of sp³-hybridized carbons (Fsp3) is 0.321. The predicted molar refractivity (Wildman–Crippen MR) is 136 cm³/mol. The summed E-state index contributed by atoms with van der Waals surface area (Å²) < 4.78 is 21.2. The fourth-order valence-corrected chi connectivity index (χ4v) is 5.37. The molecule has 4 aromatic rings. The van der Waals surface area contributed by atoms with E-state index in [0.717, 1.165) is 57.3 Å². The Kier molecular flexibility index (Phi) is 10.6. The molecular formula is C28H29N2Na2O6P. The number of aromatic nitrogens is 1. The number of H-pyrrole nitrogens is 1. The molecule has 1 atom stereocenters. The van der Waals surface area contributed by atoms with E-state index in [1.165, 1.54) is 0 Å².